The van der Waals surface area contributed by atoms with Crippen LogP contribution in [0.1, 0.15) is 40.0 Å². The molecule has 3 heteroatoms. The minimum absolute atomic E-state index is 0.142. The first-order chi connectivity index (χ1) is 7.07. The molecular weight excluding hydrogens is 188 g/mol. The zero-order chi connectivity index (χ0) is 11.4. The molecule has 0 aliphatic heterocycles. The van der Waals surface area contributed by atoms with E-state index in [4.69, 9.17) is 5.73 Å². The van der Waals surface area contributed by atoms with Gasteiger partial charge in [0.2, 0.25) is 5.91 Å². The van der Waals surface area contributed by atoms with Crippen LogP contribution in [0.15, 0.2) is 0 Å². The Hall–Kier alpha value is -0.570. The normalized spacial score (nSPS) is 17.9. The van der Waals surface area contributed by atoms with Crippen LogP contribution in [0.4, 0.5) is 0 Å². The average Bonchev–Trinajstić information content (AvgIpc) is 3.00. The van der Waals surface area contributed by atoms with Crippen LogP contribution in [0.5, 0.6) is 0 Å². The molecule has 0 aromatic carbocycles. The number of hydrogen-bond acceptors (Lipinski definition) is 2. The van der Waals surface area contributed by atoms with E-state index in [1.807, 2.05) is 6.92 Å². The van der Waals surface area contributed by atoms with Gasteiger partial charge in [-0.3, -0.25) is 4.79 Å². The summed E-state index contributed by atoms with van der Waals surface area (Å²) in [5.41, 5.74) is 5.50. The third-order valence-electron chi connectivity index (χ3n) is 3.26. The zero-order valence-electron chi connectivity index (χ0n) is 10.2. The molecule has 0 saturated heterocycles. The Morgan fingerprint density at radius 3 is 2.40 bits per heavy atom. The average molecular weight is 212 g/mol. The van der Waals surface area contributed by atoms with Crippen LogP contribution in [0.3, 0.4) is 0 Å². The Kier molecular flexibility index (Phi) is 4.58. The Morgan fingerprint density at radius 1 is 1.40 bits per heavy atom. The van der Waals surface area contributed by atoms with Crippen molar-refractivity contribution >= 4 is 5.91 Å². The maximum atomic E-state index is 12.2. The number of nitrogens with zero attached hydrogens (tertiary/aromatic N) is 1. The lowest BCUT2D eigenvalue weighted by atomic mass is 9.96. The van der Waals surface area contributed by atoms with Crippen molar-refractivity contribution < 1.29 is 4.79 Å². The van der Waals surface area contributed by atoms with Crippen molar-refractivity contribution in [2.75, 3.05) is 13.1 Å². The van der Waals surface area contributed by atoms with Gasteiger partial charge in [0.1, 0.15) is 0 Å². The van der Waals surface area contributed by atoms with Crippen LogP contribution >= 0.6 is 0 Å². The third kappa shape index (κ3) is 3.49. The first-order valence-corrected chi connectivity index (χ1v) is 6.08. The molecule has 0 bridgehead atoms. The smallest absolute Gasteiger partial charge is 0.225 e. The summed E-state index contributed by atoms with van der Waals surface area (Å²) in [6.45, 7) is 7.77. The molecule has 1 atom stereocenters. The van der Waals surface area contributed by atoms with Crippen molar-refractivity contribution in [1.82, 2.24) is 4.90 Å². The number of hydrogen-bond donors (Lipinski definition) is 1. The van der Waals surface area contributed by atoms with Gasteiger partial charge < -0.3 is 10.6 Å². The SMILES string of the molecule is CC(C)C(C)C(=O)N(CCCN)C1CC1. The highest BCUT2D eigenvalue weighted by Crippen LogP contribution is 2.29. The predicted molar refractivity (Wildman–Crippen MR) is 62.4 cm³/mol. The molecule has 1 aliphatic rings. The molecule has 0 aromatic rings. The number of carbonyl (C=O) groups is 1. The maximum Gasteiger partial charge on any atom is 0.225 e. The number of carbonyl (C=O) groups excluding carboxylic acids is 1. The number of amides is 1. The van der Waals surface area contributed by atoms with E-state index in [0.29, 0.717) is 24.4 Å². The van der Waals surface area contributed by atoms with Gasteiger partial charge >= 0.3 is 0 Å². The lowest BCUT2D eigenvalue weighted by Gasteiger charge is -2.27. The first-order valence-electron chi connectivity index (χ1n) is 6.08. The molecule has 1 amide bonds. The fourth-order valence-corrected chi connectivity index (χ4v) is 1.67. The summed E-state index contributed by atoms with van der Waals surface area (Å²) in [5, 5.41) is 0. The molecule has 3 nitrogen and oxygen atoms in total. The van der Waals surface area contributed by atoms with Gasteiger partial charge in [0.05, 0.1) is 0 Å². The van der Waals surface area contributed by atoms with Crippen LogP contribution in [0, 0.1) is 11.8 Å². The highest BCUT2D eigenvalue weighted by Gasteiger charge is 2.34. The van der Waals surface area contributed by atoms with Gasteiger partial charge in [-0.15, -0.1) is 0 Å². The molecule has 1 unspecified atom stereocenters. The van der Waals surface area contributed by atoms with Crippen molar-refractivity contribution in [2.24, 2.45) is 17.6 Å². The summed E-state index contributed by atoms with van der Waals surface area (Å²) < 4.78 is 0. The van der Waals surface area contributed by atoms with E-state index in [-0.39, 0.29) is 5.92 Å². The summed E-state index contributed by atoms with van der Waals surface area (Å²) in [7, 11) is 0. The second-order valence-electron chi connectivity index (χ2n) is 4.94. The summed E-state index contributed by atoms with van der Waals surface area (Å²) in [4.78, 5) is 14.2. The minimum Gasteiger partial charge on any atom is -0.339 e. The molecule has 88 valence electrons. The van der Waals surface area contributed by atoms with Gasteiger partial charge in [0.15, 0.2) is 0 Å². The van der Waals surface area contributed by atoms with E-state index in [1.54, 1.807) is 0 Å². The van der Waals surface area contributed by atoms with Crippen molar-refractivity contribution in [3.05, 3.63) is 0 Å². The van der Waals surface area contributed by atoms with Crippen LogP contribution in [-0.4, -0.2) is 29.9 Å². The van der Waals surface area contributed by atoms with Crippen molar-refractivity contribution in [1.29, 1.82) is 0 Å². The topological polar surface area (TPSA) is 46.3 Å². The van der Waals surface area contributed by atoms with Gasteiger partial charge in [-0.2, -0.15) is 0 Å². The van der Waals surface area contributed by atoms with Gasteiger partial charge in [0, 0.05) is 18.5 Å². The highest BCUT2D eigenvalue weighted by atomic mass is 16.2. The van der Waals surface area contributed by atoms with Crippen molar-refractivity contribution in [2.45, 2.75) is 46.1 Å². The molecule has 1 fully saturated rings. The molecule has 0 heterocycles. The second kappa shape index (κ2) is 5.50. The standard InChI is InChI=1S/C12H24N2O/c1-9(2)10(3)12(15)14(8-4-7-13)11-5-6-11/h9-11H,4-8,13H2,1-3H3. The van der Waals surface area contributed by atoms with E-state index in [0.717, 1.165) is 13.0 Å². The predicted octanol–water partition coefficient (Wildman–Crippen LogP) is 1.62. The third-order valence-corrected chi connectivity index (χ3v) is 3.26. The Balaban J connectivity index is 2.50. The summed E-state index contributed by atoms with van der Waals surface area (Å²) in [6, 6.07) is 0.519. The van der Waals surface area contributed by atoms with E-state index in [1.165, 1.54) is 12.8 Å². The van der Waals surface area contributed by atoms with Crippen molar-refractivity contribution in [3.63, 3.8) is 0 Å². The minimum atomic E-state index is 0.142. The molecule has 1 aliphatic carbocycles. The molecular formula is C12H24N2O. The molecule has 0 spiro atoms. The number of nitrogens with two attached hydrogens (primary N) is 1. The van der Waals surface area contributed by atoms with E-state index in [9.17, 15) is 4.79 Å². The summed E-state index contributed by atoms with van der Waals surface area (Å²) >= 11 is 0. The van der Waals surface area contributed by atoms with E-state index in [2.05, 4.69) is 18.7 Å². The fourth-order valence-electron chi connectivity index (χ4n) is 1.67. The first kappa shape index (κ1) is 12.5. The van der Waals surface area contributed by atoms with Crippen molar-refractivity contribution in [3.8, 4) is 0 Å². The highest BCUT2D eigenvalue weighted by molar-refractivity contribution is 5.79. The molecule has 0 radical (unpaired) electrons. The van der Waals surface area contributed by atoms with Gasteiger partial charge in [-0.05, 0) is 31.7 Å². The van der Waals surface area contributed by atoms with Gasteiger partial charge in [-0.1, -0.05) is 20.8 Å². The number of rotatable bonds is 6. The summed E-state index contributed by atoms with van der Waals surface area (Å²) in [6.07, 6.45) is 3.29. The Labute approximate surface area is 93.0 Å². The molecule has 0 aromatic heterocycles. The lowest BCUT2D eigenvalue weighted by Crippen LogP contribution is -2.39. The Morgan fingerprint density at radius 2 is 2.00 bits per heavy atom. The Bertz CT molecular complexity index is 212. The van der Waals surface area contributed by atoms with E-state index >= 15 is 0 Å². The van der Waals surface area contributed by atoms with Crippen LogP contribution in [0.2, 0.25) is 0 Å². The summed E-state index contributed by atoms with van der Waals surface area (Å²) in [5.74, 6) is 0.890. The molecule has 2 N–H and O–H groups in total. The fraction of sp³-hybridized carbons (Fsp3) is 0.917. The molecule has 15 heavy (non-hydrogen) atoms. The monoisotopic (exact) mass is 212 g/mol. The van der Waals surface area contributed by atoms with Crippen LogP contribution < -0.4 is 5.73 Å². The van der Waals surface area contributed by atoms with Crippen LogP contribution in [-0.2, 0) is 4.79 Å². The van der Waals surface area contributed by atoms with E-state index < -0.39 is 0 Å². The lowest BCUT2D eigenvalue weighted by molar-refractivity contribution is -0.137. The van der Waals surface area contributed by atoms with Gasteiger partial charge in [0.25, 0.3) is 0 Å². The second-order valence-corrected chi connectivity index (χ2v) is 4.94. The maximum absolute atomic E-state index is 12.2. The zero-order valence-corrected chi connectivity index (χ0v) is 10.2. The largest absolute Gasteiger partial charge is 0.339 e. The van der Waals surface area contributed by atoms with Crippen LogP contribution in [0.25, 0.3) is 0 Å². The quantitative estimate of drug-likeness (QED) is 0.727. The molecule has 1 saturated carbocycles. The van der Waals surface area contributed by atoms with Gasteiger partial charge in [-0.25, -0.2) is 0 Å². The molecule has 1 rings (SSSR count).